The highest BCUT2D eigenvalue weighted by Gasteiger charge is 2.54. The molecule has 4 nitrogen and oxygen atoms in total. The van der Waals surface area contributed by atoms with Crippen molar-refractivity contribution in [2.24, 2.45) is 0 Å². The highest BCUT2D eigenvalue weighted by molar-refractivity contribution is 5.68. The minimum atomic E-state index is -3.32. The van der Waals surface area contributed by atoms with Crippen LogP contribution >= 0.6 is 0 Å². The van der Waals surface area contributed by atoms with Gasteiger partial charge in [-0.3, -0.25) is 0 Å². The maximum absolute atomic E-state index is 13.5. The van der Waals surface area contributed by atoms with Crippen LogP contribution in [0.3, 0.4) is 0 Å². The summed E-state index contributed by atoms with van der Waals surface area (Å²) in [7, 11) is 0. The van der Waals surface area contributed by atoms with Crippen molar-refractivity contribution in [3.8, 4) is 0 Å². The predicted molar refractivity (Wildman–Crippen MR) is 58.0 cm³/mol. The number of aliphatic hydroxyl groups is 1. The minimum Gasteiger partial charge on any atom is -0.444 e. The van der Waals surface area contributed by atoms with Crippen molar-refractivity contribution in [1.82, 2.24) is 4.90 Å². The van der Waals surface area contributed by atoms with Gasteiger partial charge in [-0.2, -0.15) is 0 Å². The Hall–Kier alpha value is -0.910. The van der Waals surface area contributed by atoms with Gasteiger partial charge in [-0.15, -0.1) is 0 Å². The van der Waals surface area contributed by atoms with E-state index in [1.165, 1.54) is 0 Å². The lowest BCUT2D eigenvalue weighted by Crippen LogP contribution is -2.60. The van der Waals surface area contributed by atoms with Crippen LogP contribution in [-0.2, 0) is 4.74 Å². The molecule has 0 bridgehead atoms. The molecule has 0 radical (unpaired) electrons. The second-order valence-corrected chi connectivity index (χ2v) is 5.63. The van der Waals surface area contributed by atoms with Crippen LogP contribution in [-0.4, -0.2) is 46.3 Å². The lowest BCUT2D eigenvalue weighted by Gasteiger charge is -2.42. The summed E-state index contributed by atoms with van der Waals surface area (Å²) in [4.78, 5) is 12.5. The highest BCUT2D eigenvalue weighted by Crippen LogP contribution is 2.36. The van der Waals surface area contributed by atoms with Gasteiger partial charge in [0, 0.05) is 6.54 Å². The molecule has 1 aliphatic rings. The maximum atomic E-state index is 13.5. The van der Waals surface area contributed by atoms with Crippen molar-refractivity contribution in [2.45, 2.75) is 51.2 Å². The molecule has 17 heavy (non-hydrogen) atoms. The number of halogens is 2. The quantitative estimate of drug-likeness (QED) is 0.716. The molecule has 1 rings (SSSR count). The summed E-state index contributed by atoms with van der Waals surface area (Å²) in [6.07, 6.45) is -0.938. The smallest absolute Gasteiger partial charge is 0.410 e. The van der Waals surface area contributed by atoms with E-state index in [-0.39, 0.29) is 13.0 Å². The van der Waals surface area contributed by atoms with Crippen LogP contribution < -0.4 is 0 Å². The van der Waals surface area contributed by atoms with Gasteiger partial charge in [0.25, 0.3) is 5.92 Å². The number of hydrogen-bond acceptors (Lipinski definition) is 3. The molecule has 6 heteroatoms. The molecule has 1 heterocycles. The van der Waals surface area contributed by atoms with Gasteiger partial charge in [-0.05, 0) is 34.1 Å². The van der Waals surface area contributed by atoms with E-state index in [1.807, 2.05) is 0 Å². The molecule has 0 spiro atoms. The summed E-state index contributed by atoms with van der Waals surface area (Å²) in [5.74, 6) is -3.32. The Balaban J connectivity index is 2.69. The average molecular weight is 251 g/mol. The van der Waals surface area contributed by atoms with Crippen LogP contribution in [0.4, 0.5) is 13.6 Å². The number of ether oxygens (including phenoxy) is 1. The van der Waals surface area contributed by atoms with Gasteiger partial charge < -0.3 is 14.7 Å². The molecular weight excluding hydrogens is 232 g/mol. The molecule has 0 aromatic carbocycles. The monoisotopic (exact) mass is 251 g/mol. The van der Waals surface area contributed by atoms with Crippen molar-refractivity contribution < 1.29 is 23.4 Å². The standard InChI is InChI=1S/C11H19F2NO3/c1-9(2,3)17-8(15)14-6-5-10(4,16)11(12,13)7-14/h16H,5-7H2,1-4H3. The molecule has 0 aromatic heterocycles. The molecule has 1 aliphatic heterocycles. The van der Waals surface area contributed by atoms with Gasteiger partial charge in [0.2, 0.25) is 0 Å². The number of rotatable bonds is 0. The largest absolute Gasteiger partial charge is 0.444 e. The predicted octanol–water partition coefficient (Wildman–Crippen LogP) is 2.01. The second-order valence-electron chi connectivity index (χ2n) is 5.63. The first-order valence-electron chi connectivity index (χ1n) is 5.53. The summed E-state index contributed by atoms with van der Waals surface area (Å²) in [5, 5.41) is 9.51. The summed E-state index contributed by atoms with van der Waals surface area (Å²) in [6, 6.07) is 0. The van der Waals surface area contributed by atoms with Crippen LogP contribution in [0.1, 0.15) is 34.1 Å². The van der Waals surface area contributed by atoms with Gasteiger partial charge in [0.1, 0.15) is 11.2 Å². The summed E-state index contributed by atoms with van der Waals surface area (Å²) >= 11 is 0. The number of carbonyl (C=O) groups excluding carboxylic acids is 1. The van der Waals surface area contributed by atoms with Gasteiger partial charge >= 0.3 is 6.09 Å². The number of carbonyl (C=O) groups is 1. The minimum absolute atomic E-state index is 0.0670. The van der Waals surface area contributed by atoms with E-state index >= 15 is 0 Å². The van der Waals surface area contributed by atoms with E-state index in [1.54, 1.807) is 20.8 Å². The van der Waals surface area contributed by atoms with Gasteiger partial charge in [0.15, 0.2) is 0 Å². The fourth-order valence-corrected chi connectivity index (χ4v) is 1.51. The molecule has 0 aromatic rings. The van der Waals surface area contributed by atoms with Gasteiger partial charge in [-0.1, -0.05) is 0 Å². The Morgan fingerprint density at radius 3 is 2.35 bits per heavy atom. The van der Waals surface area contributed by atoms with E-state index in [0.717, 1.165) is 11.8 Å². The van der Waals surface area contributed by atoms with Crippen molar-refractivity contribution in [3.63, 3.8) is 0 Å². The Kier molecular flexibility index (Phi) is 3.40. The van der Waals surface area contributed by atoms with Crippen molar-refractivity contribution in [2.75, 3.05) is 13.1 Å². The molecule has 1 N–H and O–H groups in total. The summed E-state index contributed by atoms with van der Waals surface area (Å²) in [5.41, 5.74) is -2.78. The van der Waals surface area contributed by atoms with E-state index in [0.29, 0.717) is 0 Å². The Bertz CT molecular complexity index is 310. The van der Waals surface area contributed by atoms with Crippen LogP contribution in [0, 0.1) is 0 Å². The van der Waals surface area contributed by atoms with Crippen LogP contribution in [0.5, 0.6) is 0 Å². The lowest BCUT2D eigenvalue weighted by molar-refractivity contribution is -0.203. The molecule has 0 aliphatic carbocycles. The number of amides is 1. The van der Waals surface area contributed by atoms with E-state index in [4.69, 9.17) is 4.74 Å². The third-order valence-electron chi connectivity index (χ3n) is 2.70. The number of nitrogens with zero attached hydrogens (tertiary/aromatic N) is 1. The Morgan fingerprint density at radius 1 is 1.41 bits per heavy atom. The first kappa shape index (κ1) is 14.2. The fraction of sp³-hybridized carbons (Fsp3) is 0.909. The molecule has 0 saturated carbocycles. The zero-order chi connectivity index (χ0) is 13.5. The van der Waals surface area contributed by atoms with Crippen molar-refractivity contribution >= 4 is 6.09 Å². The Labute approximate surface area is 99.5 Å². The first-order valence-corrected chi connectivity index (χ1v) is 5.53. The second kappa shape index (κ2) is 4.08. The number of likely N-dealkylation sites (tertiary alicyclic amines) is 1. The Morgan fingerprint density at radius 2 is 1.94 bits per heavy atom. The molecule has 1 amide bonds. The van der Waals surface area contributed by atoms with E-state index in [2.05, 4.69) is 0 Å². The zero-order valence-electron chi connectivity index (χ0n) is 10.6. The van der Waals surface area contributed by atoms with E-state index < -0.39 is 29.8 Å². The number of hydrogen-bond donors (Lipinski definition) is 1. The van der Waals surface area contributed by atoms with Crippen LogP contribution in [0.2, 0.25) is 0 Å². The topological polar surface area (TPSA) is 49.8 Å². The lowest BCUT2D eigenvalue weighted by atomic mass is 9.90. The number of piperidine rings is 1. The third kappa shape index (κ3) is 3.28. The molecule has 1 atom stereocenters. The van der Waals surface area contributed by atoms with Crippen molar-refractivity contribution in [1.29, 1.82) is 0 Å². The summed E-state index contributed by atoms with van der Waals surface area (Å²) in [6.45, 7) is 5.35. The highest BCUT2D eigenvalue weighted by atomic mass is 19.3. The summed E-state index contributed by atoms with van der Waals surface area (Å²) < 4.78 is 32.1. The normalized spacial score (nSPS) is 29.0. The SMILES string of the molecule is CC(C)(C)OC(=O)N1CCC(C)(O)C(F)(F)C1. The van der Waals surface area contributed by atoms with Crippen molar-refractivity contribution in [3.05, 3.63) is 0 Å². The first-order chi connectivity index (χ1) is 7.45. The average Bonchev–Trinajstić information content (AvgIpc) is 2.06. The van der Waals surface area contributed by atoms with Crippen LogP contribution in [0.25, 0.3) is 0 Å². The molecular formula is C11H19F2NO3. The third-order valence-corrected chi connectivity index (χ3v) is 2.70. The van der Waals surface area contributed by atoms with Gasteiger partial charge in [-0.25, -0.2) is 13.6 Å². The fourth-order valence-electron chi connectivity index (χ4n) is 1.51. The van der Waals surface area contributed by atoms with E-state index in [9.17, 15) is 18.7 Å². The maximum Gasteiger partial charge on any atom is 0.410 e. The molecule has 100 valence electrons. The van der Waals surface area contributed by atoms with Crippen LogP contribution in [0.15, 0.2) is 0 Å². The molecule has 1 fully saturated rings. The molecule has 1 saturated heterocycles. The zero-order valence-corrected chi connectivity index (χ0v) is 10.6. The molecule has 1 unspecified atom stereocenters. The van der Waals surface area contributed by atoms with Gasteiger partial charge in [0.05, 0.1) is 6.54 Å². The number of alkyl halides is 2.